The minimum absolute atomic E-state index is 0.687. The Morgan fingerprint density at radius 1 is 1.17 bits per heavy atom. The van der Waals surface area contributed by atoms with Crippen LogP contribution in [0.25, 0.3) is 0 Å². The summed E-state index contributed by atoms with van der Waals surface area (Å²) < 4.78 is 0. The average Bonchev–Trinajstić information content (AvgIpc) is 2.95. The van der Waals surface area contributed by atoms with Gasteiger partial charge in [0.25, 0.3) is 0 Å². The van der Waals surface area contributed by atoms with E-state index in [1.807, 2.05) is 0 Å². The maximum atomic E-state index is 3.70. The summed E-state index contributed by atoms with van der Waals surface area (Å²) in [6.07, 6.45) is 8.79. The average molecular weight is 252 g/mol. The first-order valence-corrected chi connectivity index (χ1v) is 8.07. The van der Waals surface area contributed by atoms with Crippen LogP contribution in [0.3, 0.4) is 0 Å². The van der Waals surface area contributed by atoms with Crippen molar-refractivity contribution in [3.63, 3.8) is 0 Å². The zero-order valence-corrected chi connectivity index (χ0v) is 12.6. The van der Waals surface area contributed by atoms with Crippen LogP contribution in [0.1, 0.15) is 52.4 Å². The van der Waals surface area contributed by atoms with E-state index >= 15 is 0 Å². The maximum absolute atomic E-state index is 3.70. The second-order valence-corrected chi connectivity index (χ2v) is 6.92. The summed E-state index contributed by atoms with van der Waals surface area (Å²) in [5.41, 5.74) is 0. The van der Waals surface area contributed by atoms with E-state index in [-0.39, 0.29) is 0 Å². The fraction of sp³-hybridized carbons (Fsp3) is 1.00. The van der Waals surface area contributed by atoms with Crippen molar-refractivity contribution in [1.82, 2.24) is 10.2 Å². The van der Waals surface area contributed by atoms with Gasteiger partial charge >= 0.3 is 0 Å². The second kappa shape index (κ2) is 6.91. The highest BCUT2D eigenvalue weighted by Crippen LogP contribution is 2.47. The Morgan fingerprint density at radius 2 is 2.00 bits per heavy atom. The highest BCUT2D eigenvalue weighted by Gasteiger charge is 2.38. The summed E-state index contributed by atoms with van der Waals surface area (Å²) in [6, 6.07) is 0.687. The lowest BCUT2D eigenvalue weighted by Crippen LogP contribution is -2.29. The van der Waals surface area contributed by atoms with Gasteiger partial charge < -0.3 is 10.2 Å². The minimum atomic E-state index is 0.687. The van der Waals surface area contributed by atoms with Crippen LogP contribution in [0.4, 0.5) is 0 Å². The third kappa shape index (κ3) is 3.96. The molecule has 2 aliphatic carbocycles. The van der Waals surface area contributed by atoms with Gasteiger partial charge in [0.1, 0.15) is 0 Å². The molecule has 0 aromatic carbocycles. The molecule has 3 atom stereocenters. The monoisotopic (exact) mass is 252 g/mol. The number of rotatable bonds is 8. The molecule has 1 N–H and O–H groups in total. The Hall–Kier alpha value is -0.0800. The molecule has 0 amide bonds. The molecule has 2 nitrogen and oxygen atoms in total. The summed E-state index contributed by atoms with van der Waals surface area (Å²) >= 11 is 0. The predicted molar refractivity (Wildman–Crippen MR) is 78.8 cm³/mol. The fourth-order valence-corrected chi connectivity index (χ4v) is 3.78. The molecule has 106 valence electrons. The molecule has 0 radical (unpaired) electrons. The van der Waals surface area contributed by atoms with E-state index in [0.29, 0.717) is 6.04 Å². The van der Waals surface area contributed by atoms with Crippen LogP contribution in [0, 0.1) is 17.8 Å². The van der Waals surface area contributed by atoms with Crippen molar-refractivity contribution in [2.45, 2.75) is 58.4 Å². The van der Waals surface area contributed by atoms with E-state index in [2.05, 4.69) is 31.1 Å². The van der Waals surface area contributed by atoms with Crippen LogP contribution in [-0.4, -0.2) is 37.6 Å². The summed E-state index contributed by atoms with van der Waals surface area (Å²) in [5, 5.41) is 3.70. The lowest BCUT2D eigenvalue weighted by atomic mass is 9.89. The van der Waals surface area contributed by atoms with Crippen molar-refractivity contribution in [1.29, 1.82) is 0 Å². The van der Waals surface area contributed by atoms with E-state index in [0.717, 1.165) is 17.8 Å². The van der Waals surface area contributed by atoms with E-state index in [1.165, 1.54) is 51.7 Å². The van der Waals surface area contributed by atoms with E-state index in [4.69, 9.17) is 0 Å². The van der Waals surface area contributed by atoms with Gasteiger partial charge in [-0.15, -0.1) is 0 Å². The third-order valence-corrected chi connectivity index (χ3v) is 5.29. The molecule has 2 fully saturated rings. The van der Waals surface area contributed by atoms with Gasteiger partial charge in [0.05, 0.1) is 0 Å². The van der Waals surface area contributed by atoms with Crippen molar-refractivity contribution < 1.29 is 0 Å². The Balaban J connectivity index is 1.45. The third-order valence-electron chi connectivity index (χ3n) is 5.29. The Kier molecular flexibility index (Phi) is 5.50. The molecule has 2 rings (SSSR count). The zero-order valence-electron chi connectivity index (χ0n) is 12.6. The first-order chi connectivity index (χ1) is 8.66. The second-order valence-electron chi connectivity index (χ2n) is 6.92. The van der Waals surface area contributed by atoms with Crippen LogP contribution in [0.15, 0.2) is 0 Å². The number of fused-ring (bicyclic) bond motifs is 2. The molecule has 0 aromatic rings. The maximum Gasteiger partial charge on any atom is 0.00355 e. The van der Waals surface area contributed by atoms with Crippen molar-refractivity contribution in [3.8, 4) is 0 Å². The van der Waals surface area contributed by atoms with E-state index in [1.54, 1.807) is 6.42 Å². The molecule has 0 spiro atoms. The summed E-state index contributed by atoms with van der Waals surface area (Å²) in [6.45, 7) is 8.30. The van der Waals surface area contributed by atoms with E-state index in [9.17, 15) is 0 Å². The molecule has 2 heteroatoms. The van der Waals surface area contributed by atoms with Gasteiger partial charge in [-0.1, -0.05) is 6.42 Å². The first kappa shape index (κ1) is 14.3. The van der Waals surface area contributed by atoms with Crippen LogP contribution in [0.2, 0.25) is 0 Å². The quantitative estimate of drug-likeness (QED) is 0.668. The lowest BCUT2D eigenvalue weighted by molar-refractivity contribution is 0.266. The standard InChI is InChI=1S/C16H32N2/c1-13(2)18(3)9-5-4-8-17-12-16-11-14-6-7-15(16)10-14/h13-17H,4-12H2,1-3H3. The number of nitrogens with one attached hydrogen (secondary N) is 1. The number of hydrogen-bond donors (Lipinski definition) is 1. The normalized spacial score (nSPS) is 30.8. The van der Waals surface area contributed by atoms with Gasteiger partial charge in [-0.3, -0.25) is 0 Å². The molecule has 0 aromatic heterocycles. The van der Waals surface area contributed by atoms with Gasteiger partial charge in [-0.2, -0.15) is 0 Å². The fourth-order valence-electron chi connectivity index (χ4n) is 3.78. The van der Waals surface area contributed by atoms with Crippen LogP contribution in [-0.2, 0) is 0 Å². The smallest absolute Gasteiger partial charge is 0.00355 e. The lowest BCUT2D eigenvalue weighted by Gasteiger charge is -2.22. The number of nitrogens with zero attached hydrogens (tertiary/aromatic N) is 1. The largest absolute Gasteiger partial charge is 0.316 e. The highest BCUT2D eigenvalue weighted by molar-refractivity contribution is 4.90. The van der Waals surface area contributed by atoms with Gasteiger partial charge in [0.15, 0.2) is 0 Å². The molecule has 2 aliphatic rings. The molecular formula is C16H32N2. The van der Waals surface area contributed by atoms with Crippen LogP contribution < -0.4 is 5.32 Å². The Labute approximate surface area is 114 Å². The zero-order chi connectivity index (χ0) is 13.0. The number of unbranched alkanes of at least 4 members (excludes halogenated alkanes) is 1. The van der Waals surface area contributed by atoms with Crippen molar-refractivity contribution >= 4 is 0 Å². The Bertz CT molecular complexity index is 239. The summed E-state index contributed by atoms with van der Waals surface area (Å²) in [5.74, 6) is 3.19. The van der Waals surface area contributed by atoms with Crippen molar-refractivity contribution in [2.24, 2.45) is 17.8 Å². The summed E-state index contributed by atoms with van der Waals surface area (Å²) in [7, 11) is 2.23. The first-order valence-electron chi connectivity index (χ1n) is 8.07. The van der Waals surface area contributed by atoms with Crippen molar-refractivity contribution in [3.05, 3.63) is 0 Å². The Morgan fingerprint density at radius 3 is 2.61 bits per heavy atom. The van der Waals surface area contributed by atoms with Gasteiger partial charge in [0, 0.05) is 6.04 Å². The minimum Gasteiger partial charge on any atom is -0.316 e. The molecule has 2 bridgehead atoms. The van der Waals surface area contributed by atoms with Crippen molar-refractivity contribution in [2.75, 3.05) is 26.7 Å². The highest BCUT2D eigenvalue weighted by atomic mass is 15.1. The topological polar surface area (TPSA) is 15.3 Å². The van der Waals surface area contributed by atoms with Gasteiger partial charge in [-0.25, -0.2) is 0 Å². The van der Waals surface area contributed by atoms with Crippen LogP contribution >= 0.6 is 0 Å². The molecule has 3 unspecified atom stereocenters. The van der Waals surface area contributed by atoms with Crippen LogP contribution in [0.5, 0.6) is 0 Å². The predicted octanol–water partition coefficient (Wildman–Crippen LogP) is 3.13. The molecule has 2 saturated carbocycles. The molecule has 0 saturated heterocycles. The molecule has 0 aliphatic heterocycles. The summed E-state index contributed by atoms with van der Waals surface area (Å²) in [4.78, 5) is 2.44. The molecular weight excluding hydrogens is 220 g/mol. The molecule has 18 heavy (non-hydrogen) atoms. The molecule has 0 heterocycles. The number of hydrogen-bond acceptors (Lipinski definition) is 2. The SMILES string of the molecule is CC(C)N(C)CCCCNCC1CC2CCC1C2. The van der Waals surface area contributed by atoms with E-state index < -0.39 is 0 Å². The van der Waals surface area contributed by atoms with Gasteiger partial charge in [-0.05, 0) is 90.4 Å². The van der Waals surface area contributed by atoms with Gasteiger partial charge in [0.2, 0.25) is 0 Å².